The minimum absolute atomic E-state index is 0.00774. The fourth-order valence-corrected chi connectivity index (χ4v) is 4.08. The van der Waals surface area contributed by atoms with Gasteiger partial charge in [0.15, 0.2) is 0 Å². The van der Waals surface area contributed by atoms with Gasteiger partial charge in [-0.05, 0) is 43.0 Å². The number of nitrogens with zero attached hydrogens (tertiary/aromatic N) is 1. The van der Waals surface area contributed by atoms with Gasteiger partial charge in [0.05, 0.1) is 19.6 Å². The quantitative estimate of drug-likeness (QED) is 0.770. The summed E-state index contributed by atoms with van der Waals surface area (Å²) in [5.41, 5.74) is 4.53. The van der Waals surface area contributed by atoms with Crippen LogP contribution in [-0.4, -0.2) is 48.6 Å². The first-order valence-electron chi connectivity index (χ1n) is 9.54. The van der Waals surface area contributed by atoms with Crippen molar-refractivity contribution in [2.45, 2.75) is 44.1 Å². The molecule has 0 spiro atoms. The van der Waals surface area contributed by atoms with Crippen molar-refractivity contribution in [3.8, 4) is 5.75 Å². The summed E-state index contributed by atoms with van der Waals surface area (Å²) in [6.07, 6.45) is 5.26. The molecular weight excluding hydrogens is 368 g/mol. The number of carbonyl (C=O) groups is 2. The van der Waals surface area contributed by atoms with Gasteiger partial charge in [-0.3, -0.25) is 9.59 Å². The largest absolute Gasteiger partial charge is 0.490 e. The van der Waals surface area contributed by atoms with E-state index >= 15 is 0 Å². The molecule has 0 unspecified atom stereocenters. The van der Waals surface area contributed by atoms with Crippen molar-refractivity contribution in [1.29, 1.82) is 0 Å². The number of hydrogen-bond acceptors (Lipinski definition) is 4. The number of halogens is 1. The van der Waals surface area contributed by atoms with Crippen molar-refractivity contribution in [3.05, 3.63) is 29.3 Å². The minimum atomic E-state index is -0.922. The van der Waals surface area contributed by atoms with Gasteiger partial charge < -0.3 is 20.1 Å². The number of morpholine rings is 1. The Morgan fingerprint density at radius 1 is 1.26 bits per heavy atom. The van der Waals surface area contributed by atoms with Crippen LogP contribution in [0.25, 0.3) is 0 Å². The van der Waals surface area contributed by atoms with E-state index < -0.39 is 11.5 Å². The molecule has 148 valence electrons. The van der Waals surface area contributed by atoms with Crippen LogP contribution < -0.4 is 10.5 Å². The summed E-state index contributed by atoms with van der Waals surface area (Å²) in [4.78, 5) is 26.2. The van der Waals surface area contributed by atoms with Crippen LogP contribution in [0.5, 0.6) is 5.75 Å². The summed E-state index contributed by atoms with van der Waals surface area (Å²) in [7, 11) is 0. The summed E-state index contributed by atoms with van der Waals surface area (Å²) in [5.74, 6) is 0.766. The maximum Gasteiger partial charge on any atom is 0.223 e. The molecule has 1 saturated heterocycles. The molecule has 2 fully saturated rings. The molecule has 1 aromatic rings. The third kappa shape index (κ3) is 5.59. The maximum atomic E-state index is 12.7. The normalized spacial score (nSPS) is 23.4. The van der Waals surface area contributed by atoms with Crippen LogP contribution in [0.2, 0.25) is 5.02 Å². The highest BCUT2D eigenvalue weighted by Gasteiger charge is 2.41. The van der Waals surface area contributed by atoms with Gasteiger partial charge in [0.1, 0.15) is 18.0 Å². The van der Waals surface area contributed by atoms with Crippen molar-refractivity contribution in [1.82, 2.24) is 4.90 Å². The number of hydrogen-bond donors (Lipinski definition) is 1. The molecule has 3 rings (SSSR count). The van der Waals surface area contributed by atoms with Crippen LogP contribution in [0, 0.1) is 5.92 Å². The number of carbonyl (C=O) groups excluding carboxylic acids is 2. The Bertz CT molecular complexity index is 660. The first-order chi connectivity index (χ1) is 13.0. The van der Waals surface area contributed by atoms with Gasteiger partial charge in [-0.15, -0.1) is 0 Å². The van der Waals surface area contributed by atoms with Gasteiger partial charge in [0.2, 0.25) is 11.8 Å². The number of ether oxygens (including phenoxy) is 2. The van der Waals surface area contributed by atoms with E-state index in [9.17, 15) is 9.59 Å². The zero-order chi connectivity index (χ0) is 19.3. The van der Waals surface area contributed by atoms with Crippen molar-refractivity contribution < 1.29 is 19.1 Å². The van der Waals surface area contributed by atoms with Gasteiger partial charge in [0.25, 0.3) is 0 Å². The van der Waals surface area contributed by atoms with E-state index in [-0.39, 0.29) is 18.9 Å². The van der Waals surface area contributed by atoms with E-state index in [0.29, 0.717) is 42.8 Å². The lowest BCUT2D eigenvalue weighted by Crippen LogP contribution is -2.58. The molecule has 2 aliphatic rings. The topological polar surface area (TPSA) is 81.9 Å². The Kier molecular flexibility index (Phi) is 6.60. The van der Waals surface area contributed by atoms with Crippen LogP contribution in [0.3, 0.4) is 0 Å². The lowest BCUT2D eigenvalue weighted by molar-refractivity contribution is -0.162. The van der Waals surface area contributed by atoms with Crippen molar-refractivity contribution >= 4 is 23.4 Å². The first-order valence-corrected chi connectivity index (χ1v) is 9.92. The molecule has 0 aromatic heterocycles. The van der Waals surface area contributed by atoms with E-state index in [1.807, 2.05) is 0 Å². The fourth-order valence-electron chi connectivity index (χ4n) is 3.96. The molecule has 7 heteroatoms. The van der Waals surface area contributed by atoms with E-state index in [1.54, 1.807) is 29.2 Å². The monoisotopic (exact) mass is 394 g/mol. The Balaban J connectivity index is 1.65. The molecule has 1 aliphatic carbocycles. The first kappa shape index (κ1) is 20.0. The van der Waals surface area contributed by atoms with Crippen molar-refractivity contribution in [2.75, 3.05) is 26.3 Å². The number of rotatable bonds is 7. The number of primary amides is 1. The second-order valence-corrected chi connectivity index (χ2v) is 8.02. The lowest BCUT2D eigenvalue weighted by atomic mass is 9.96. The third-order valence-corrected chi connectivity index (χ3v) is 5.60. The molecule has 1 aromatic carbocycles. The molecule has 1 aliphatic heterocycles. The highest BCUT2D eigenvalue weighted by Crippen LogP contribution is 2.30. The average Bonchev–Trinajstić information content (AvgIpc) is 3.14. The molecule has 1 saturated carbocycles. The molecule has 0 bridgehead atoms. The van der Waals surface area contributed by atoms with E-state index in [2.05, 4.69) is 0 Å². The predicted molar refractivity (Wildman–Crippen MR) is 103 cm³/mol. The summed E-state index contributed by atoms with van der Waals surface area (Å²) < 4.78 is 11.8. The number of nitrogens with two attached hydrogens (primary N) is 1. The molecule has 0 radical (unpaired) electrons. The lowest BCUT2D eigenvalue weighted by Gasteiger charge is -2.42. The maximum absolute atomic E-state index is 12.7. The molecule has 1 heterocycles. The van der Waals surface area contributed by atoms with Gasteiger partial charge in [-0.2, -0.15) is 0 Å². The smallest absolute Gasteiger partial charge is 0.223 e. The minimum Gasteiger partial charge on any atom is -0.490 e. The van der Waals surface area contributed by atoms with Crippen LogP contribution in [0.1, 0.15) is 38.5 Å². The molecular formula is C20H27ClN2O4. The van der Waals surface area contributed by atoms with Gasteiger partial charge >= 0.3 is 0 Å². The van der Waals surface area contributed by atoms with Gasteiger partial charge in [-0.25, -0.2) is 0 Å². The third-order valence-electron chi connectivity index (χ3n) is 5.35. The zero-order valence-corrected chi connectivity index (χ0v) is 16.2. The zero-order valence-electron chi connectivity index (χ0n) is 15.5. The predicted octanol–water partition coefficient (Wildman–Crippen LogP) is 2.77. The highest BCUT2D eigenvalue weighted by atomic mass is 35.5. The van der Waals surface area contributed by atoms with Crippen LogP contribution in [0.4, 0.5) is 0 Å². The number of benzene rings is 1. The van der Waals surface area contributed by atoms with Crippen molar-refractivity contribution in [3.63, 3.8) is 0 Å². The molecule has 1 atom stereocenters. The second-order valence-electron chi connectivity index (χ2n) is 7.59. The number of amides is 2. The Hall–Kier alpha value is -1.79. The molecule has 6 nitrogen and oxygen atoms in total. The van der Waals surface area contributed by atoms with E-state index in [1.165, 1.54) is 12.8 Å². The standard InChI is InChI=1S/C20H27ClN2O4/c21-16-5-7-17(8-6-16)26-14-20(12-18(22)24)13-23(9-10-27-20)19(25)11-15-3-1-2-4-15/h5-8,15H,1-4,9-14H2,(H2,22,24)/t20-/m0/s1. The van der Waals surface area contributed by atoms with Gasteiger partial charge in [0, 0.05) is 18.0 Å². The molecule has 2 amide bonds. The van der Waals surface area contributed by atoms with Crippen LogP contribution >= 0.6 is 11.6 Å². The van der Waals surface area contributed by atoms with E-state index in [0.717, 1.165) is 12.8 Å². The summed E-state index contributed by atoms with van der Waals surface area (Å²) >= 11 is 5.89. The second kappa shape index (κ2) is 8.93. The molecule has 2 N–H and O–H groups in total. The summed E-state index contributed by atoms with van der Waals surface area (Å²) in [6, 6.07) is 6.98. The van der Waals surface area contributed by atoms with Crippen LogP contribution in [0.15, 0.2) is 24.3 Å². The average molecular weight is 395 g/mol. The Morgan fingerprint density at radius 2 is 1.96 bits per heavy atom. The van der Waals surface area contributed by atoms with Gasteiger partial charge in [-0.1, -0.05) is 24.4 Å². The molecule has 27 heavy (non-hydrogen) atoms. The SMILES string of the molecule is NC(=O)C[C@@]1(COc2ccc(Cl)cc2)CN(C(=O)CC2CCCC2)CCO1. The van der Waals surface area contributed by atoms with Crippen LogP contribution in [-0.2, 0) is 14.3 Å². The van der Waals surface area contributed by atoms with Crippen molar-refractivity contribution in [2.24, 2.45) is 11.7 Å². The summed E-state index contributed by atoms with van der Waals surface area (Å²) in [5, 5.41) is 0.617. The fraction of sp³-hybridized carbons (Fsp3) is 0.600. The Labute approximate surface area is 164 Å². The summed E-state index contributed by atoms with van der Waals surface area (Å²) in [6.45, 7) is 1.36. The Morgan fingerprint density at radius 3 is 2.63 bits per heavy atom. The highest BCUT2D eigenvalue weighted by molar-refractivity contribution is 6.30. The van der Waals surface area contributed by atoms with E-state index in [4.69, 9.17) is 26.8 Å².